The summed E-state index contributed by atoms with van der Waals surface area (Å²) in [4.78, 5) is 22.7. The summed E-state index contributed by atoms with van der Waals surface area (Å²) in [6, 6.07) is 17.3. The number of hydrogen-bond acceptors (Lipinski definition) is 4. The molecule has 2 N–H and O–H groups in total. The molecule has 1 aromatic heterocycles. The van der Waals surface area contributed by atoms with Crippen LogP contribution in [0.15, 0.2) is 70.7 Å². The van der Waals surface area contributed by atoms with E-state index in [1.807, 2.05) is 30.3 Å². The lowest BCUT2D eigenvalue weighted by Crippen LogP contribution is -2.44. The zero-order chi connectivity index (χ0) is 20.0. The van der Waals surface area contributed by atoms with Crippen molar-refractivity contribution in [3.8, 4) is 11.3 Å². The average Bonchev–Trinajstić information content (AvgIpc) is 3.23. The highest BCUT2D eigenvalue weighted by atomic mass is 16.6. The molecule has 2 aliphatic rings. The third-order valence-corrected chi connectivity index (χ3v) is 5.41. The predicted octanol–water partition coefficient (Wildman–Crippen LogP) is 4.57. The minimum atomic E-state index is -0.434. The molecule has 144 valence electrons. The van der Waals surface area contributed by atoms with Crippen LogP contribution in [0.25, 0.3) is 17.0 Å². The molecule has 7 heteroatoms. The molecule has 0 saturated heterocycles. The Kier molecular flexibility index (Phi) is 3.94. The summed E-state index contributed by atoms with van der Waals surface area (Å²) in [7, 11) is 0. The Bertz CT molecular complexity index is 1160. The van der Waals surface area contributed by atoms with Crippen LogP contribution in [0.5, 0.6) is 0 Å². The average molecular weight is 387 g/mol. The SMILES string of the molecule is O=C1NC2=C(CCc3ccccc32)C(c2ccc(-c3ccc([N+](=O)[O-])cc3)o2)N1. The van der Waals surface area contributed by atoms with Crippen molar-refractivity contribution >= 4 is 17.4 Å². The van der Waals surface area contributed by atoms with E-state index >= 15 is 0 Å². The summed E-state index contributed by atoms with van der Waals surface area (Å²) in [6.07, 6.45) is 1.72. The number of nitro benzene ring substituents is 1. The number of nitrogens with zero attached hydrogens (tertiary/aromatic N) is 1. The first-order valence-electron chi connectivity index (χ1n) is 9.33. The van der Waals surface area contributed by atoms with Crippen LogP contribution in [0.3, 0.4) is 0 Å². The van der Waals surface area contributed by atoms with Crippen molar-refractivity contribution in [3.63, 3.8) is 0 Å². The number of amides is 2. The fourth-order valence-corrected chi connectivity index (χ4v) is 4.01. The van der Waals surface area contributed by atoms with Crippen LogP contribution in [0.1, 0.15) is 29.3 Å². The van der Waals surface area contributed by atoms with Crippen molar-refractivity contribution in [2.45, 2.75) is 18.9 Å². The molecule has 3 aromatic rings. The second kappa shape index (κ2) is 6.63. The predicted molar refractivity (Wildman–Crippen MR) is 107 cm³/mol. The number of aryl methyl sites for hydroxylation is 1. The Balaban J connectivity index is 1.51. The smallest absolute Gasteiger partial charge is 0.320 e. The maximum Gasteiger partial charge on any atom is 0.320 e. The summed E-state index contributed by atoms with van der Waals surface area (Å²) < 4.78 is 6.05. The van der Waals surface area contributed by atoms with E-state index in [0.29, 0.717) is 11.5 Å². The van der Waals surface area contributed by atoms with Gasteiger partial charge in [-0.1, -0.05) is 24.3 Å². The minimum Gasteiger partial charge on any atom is -0.459 e. The van der Waals surface area contributed by atoms with Crippen LogP contribution in [-0.2, 0) is 6.42 Å². The zero-order valence-electron chi connectivity index (χ0n) is 15.3. The molecule has 2 amide bonds. The highest BCUT2D eigenvalue weighted by Crippen LogP contribution is 2.40. The van der Waals surface area contributed by atoms with Gasteiger partial charge in [0.05, 0.1) is 10.6 Å². The van der Waals surface area contributed by atoms with Crippen molar-refractivity contribution in [2.75, 3.05) is 0 Å². The molecular weight excluding hydrogens is 370 g/mol. The highest BCUT2D eigenvalue weighted by Gasteiger charge is 2.33. The quantitative estimate of drug-likeness (QED) is 0.508. The van der Waals surface area contributed by atoms with E-state index in [1.165, 1.54) is 17.7 Å². The van der Waals surface area contributed by atoms with Gasteiger partial charge in [0.2, 0.25) is 0 Å². The van der Waals surface area contributed by atoms with Gasteiger partial charge in [0, 0.05) is 23.3 Å². The molecule has 0 radical (unpaired) electrons. The normalized spacial score (nSPS) is 17.8. The number of rotatable bonds is 3. The van der Waals surface area contributed by atoms with E-state index in [0.717, 1.165) is 35.2 Å². The van der Waals surface area contributed by atoms with Crippen molar-refractivity contribution in [2.24, 2.45) is 0 Å². The maximum atomic E-state index is 12.3. The fourth-order valence-electron chi connectivity index (χ4n) is 4.01. The number of carbonyl (C=O) groups is 1. The first kappa shape index (κ1) is 17.2. The van der Waals surface area contributed by atoms with Gasteiger partial charge in [-0.3, -0.25) is 10.1 Å². The summed E-state index contributed by atoms with van der Waals surface area (Å²) in [6.45, 7) is 0. The topological polar surface area (TPSA) is 97.4 Å². The molecule has 29 heavy (non-hydrogen) atoms. The monoisotopic (exact) mass is 387 g/mol. The molecule has 1 aliphatic carbocycles. The largest absolute Gasteiger partial charge is 0.459 e. The van der Waals surface area contributed by atoms with E-state index in [1.54, 1.807) is 12.1 Å². The van der Waals surface area contributed by atoms with Crippen molar-refractivity contribution in [1.29, 1.82) is 0 Å². The van der Waals surface area contributed by atoms with Gasteiger partial charge in [-0.15, -0.1) is 0 Å². The van der Waals surface area contributed by atoms with Crippen LogP contribution in [0.4, 0.5) is 10.5 Å². The van der Waals surface area contributed by atoms with Crippen molar-refractivity contribution < 1.29 is 14.1 Å². The Hall–Kier alpha value is -3.87. The number of furan rings is 1. The van der Waals surface area contributed by atoms with Gasteiger partial charge in [-0.2, -0.15) is 0 Å². The lowest BCUT2D eigenvalue weighted by atomic mass is 9.84. The Morgan fingerprint density at radius 2 is 1.79 bits per heavy atom. The van der Waals surface area contributed by atoms with Gasteiger partial charge in [-0.25, -0.2) is 4.79 Å². The molecule has 2 aromatic carbocycles. The van der Waals surface area contributed by atoms with E-state index in [9.17, 15) is 14.9 Å². The molecule has 0 spiro atoms. The van der Waals surface area contributed by atoms with Crippen LogP contribution < -0.4 is 10.6 Å². The second-order valence-corrected chi connectivity index (χ2v) is 7.09. The number of urea groups is 1. The number of fused-ring (bicyclic) bond motifs is 2. The van der Waals surface area contributed by atoms with E-state index in [2.05, 4.69) is 16.7 Å². The third-order valence-electron chi connectivity index (χ3n) is 5.41. The number of nitrogens with one attached hydrogen (secondary N) is 2. The standard InChI is InChI=1S/C22H17N3O4/c26-22-23-20-16-4-2-1-3-13(16)7-10-17(20)21(24-22)19-12-11-18(29-19)14-5-8-15(9-6-14)25(27)28/h1-6,8-9,11-12,21H,7,10H2,(H2,23,24,26). The molecular formula is C22H17N3O4. The summed E-state index contributed by atoms with van der Waals surface area (Å²) in [5, 5.41) is 16.8. The number of hydrogen-bond donors (Lipinski definition) is 2. The Morgan fingerprint density at radius 3 is 2.59 bits per heavy atom. The maximum absolute atomic E-state index is 12.3. The van der Waals surface area contributed by atoms with E-state index in [4.69, 9.17) is 4.42 Å². The van der Waals surface area contributed by atoms with Gasteiger partial charge >= 0.3 is 6.03 Å². The van der Waals surface area contributed by atoms with Crippen LogP contribution in [-0.4, -0.2) is 11.0 Å². The summed E-state index contributed by atoms with van der Waals surface area (Å²) in [5.74, 6) is 1.24. The summed E-state index contributed by atoms with van der Waals surface area (Å²) in [5.41, 5.74) is 4.99. The molecule has 0 bridgehead atoms. The van der Waals surface area contributed by atoms with Gasteiger partial charge < -0.3 is 15.1 Å². The molecule has 2 heterocycles. The number of carbonyl (C=O) groups excluding carboxylic acids is 1. The summed E-state index contributed by atoms with van der Waals surface area (Å²) >= 11 is 0. The second-order valence-electron chi connectivity index (χ2n) is 7.09. The number of benzene rings is 2. The molecule has 1 aliphatic heterocycles. The zero-order valence-corrected chi connectivity index (χ0v) is 15.3. The lowest BCUT2D eigenvalue weighted by Gasteiger charge is -2.33. The molecule has 0 fully saturated rings. The van der Waals surface area contributed by atoms with Crippen molar-refractivity contribution in [3.05, 3.63) is 93.2 Å². The minimum absolute atomic E-state index is 0.0295. The van der Waals surface area contributed by atoms with Gasteiger partial charge in [0.25, 0.3) is 5.69 Å². The molecule has 0 saturated carbocycles. The first-order chi connectivity index (χ1) is 14.1. The van der Waals surface area contributed by atoms with Gasteiger partial charge in [0.1, 0.15) is 17.6 Å². The van der Waals surface area contributed by atoms with Crippen LogP contribution >= 0.6 is 0 Å². The third kappa shape index (κ3) is 2.97. The van der Waals surface area contributed by atoms with Crippen molar-refractivity contribution in [1.82, 2.24) is 10.6 Å². The fraction of sp³-hybridized carbons (Fsp3) is 0.136. The molecule has 7 nitrogen and oxygen atoms in total. The number of non-ortho nitro benzene ring substituents is 1. The van der Waals surface area contributed by atoms with Gasteiger partial charge in [0.15, 0.2) is 0 Å². The van der Waals surface area contributed by atoms with E-state index < -0.39 is 4.92 Å². The Labute approximate surface area is 166 Å². The molecule has 5 rings (SSSR count). The number of nitro groups is 1. The molecule has 1 atom stereocenters. The Morgan fingerprint density at radius 1 is 1.00 bits per heavy atom. The van der Waals surface area contributed by atoms with Gasteiger partial charge in [-0.05, 0) is 48.2 Å². The highest BCUT2D eigenvalue weighted by molar-refractivity contribution is 5.91. The lowest BCUT2D eigenvalue weighted by molar-refractivity contribution is -0.384. The molecule has 1 unspecified atom stereocenters. The van der Waals surface area contributed by atoms with Crippen LogP contribution in [0, 0.1) is 10.1 Å². The van der Waals surface area contributed by atoms with Crippen LogP contribution in [0.2, 0.25) is 0 Å². The van der Waals surface area contributed by atoms with E-state index in [-0.39, 0.29) is 17.8 Å². The first-order valence-corrected chi connectivity index (χ1v) is 9.33.